The average molecular weight is 200 g/mol. The molecule has 72 valence electrons. The van der Waals surface area contributed by atoms with Crippen molar-refractivity contribution in [3.8, 4) is 0 Å². The van der Waals surface area contributed by atoms with Gasteiger partial charge < -0.3 is 0 Å². The molecule has 1 rings (SSSR count). The zero-order valence-corrected chi connectivity index (χ0v) is 8.38. The fourth-order valence-corrected chi connectivity index (χ4v) is 1.78. The highest BCUT2D eigenvalue weighted by atomic mass is 32.2. The van der Waals surface area contributed by atoms with Crippen LogP contribution >= 0.6 is 0 Å². The maximum absolute atomic E-state index is 10.9. The third kappa shape index (κ3) is 3.52. The van der Waals surface area contributed by atoms with E-state index in [1.54, 1.807) is 25.3 Å². The van der Waals surface area contributed by atoms with Gasteiger partial charge >= 0.3 is 0 Å². The van der Waals surface area contributed by atoms with Gasteiger partial charge in [-0.15, -0.1) is 0 Å². The van der Waals surface area contributed by atoms with Gasteiger partial charge in [0.25, 0.3) is 0 Å². The van der Waals surface area contributed by atoms with Crippen LogP contribution in [0.1, 0.15) is 18.7 Å². The van der Waals surface area contributed by atoms with E-state index in [9.17, 15) is 8.42 Å². The van der Waals surface area contributed by atoms with Crippen molar-refractivity contribution in [2.75, 3.05) is 6.26 Å². The summed E-state index contributed by atoms with van der Waals surface area (Å²) < 4.78 is 24.2. The molecule has 0 aliphatic carbocycles. The molecule has 4 nitrogen and oxygen atoms in total. The highest BCUT2D eigenvalue weighted by molar-refractivity contribution is 7.88. The molecule has 1 aromatic rings. The van der Waals surface area contributed by atoms with Gasteiger partial charge in [0.1, 0.15) is 0 Å². The summed E-state index contributed by atoms with van der Waals surface area (Å²) in [5, 5.41) is 0. The van der Waals surface area contributed by atoms with Gasteiger partial charge in [0.2, 0.25) is 10.0 Å². The molecular weight excluding hydrogens is 188 g/mol. The summed E-state index contributed by atoms with van der Waals surface area (Å²) in [6.45, 7) is 1.75. The number of sulfonamides is 1. The Balaban J connectivity index is 2.76. The predicted octanol–water partition coefficient (Wildman–Crippen LogP) is 0.692. The first-order valence-corrected chi connectivity index (χ1v) is 5.76. The van der Waals surface area contributed by atoms with E-state index < -0.39 is 10.0 Å². The quantitative estimate of drug-likeness (QED) is 0.781. The van der Waals surface area contributed by atoms with E-state index >= 15 is 0 Å². The molecule has 0 saturated carbocycles. The normalized spacial score (nSPS) is 14.0. The minimum Gasteiger partial charge on any atom is -0.260 e. The predicted molar refractivity (Wildman–Crippen MR) is 50.6 cm³/mol. The lowest BCUT2D eigenvalue weighted by Crippen LogP contribution is -2.25. The lowest BCUT2D eigenvalue weighted by Gasteiger charge is -2.10. The van der Waals surface area contributed by atoms with E-state index in [2.05, 4.69) is 9.71 Å². The molecule has 0 spiro atoms. The molecule has 1 aromatic heterocycles. The van der Waals surface area contributed by atoms with Crippen molar-refractivity contribution >= 4 is 10.0 Å². The Morgan fingerprint density at radius 2 is 2.15 bits per heavy atom. The van der Waals surface area contributed by atoms with E-state index in [1.165, 1.54) is 0 Å². The van der Waals surface area contributed by atoms with Gasteiger partial charge in [-0.2, -0.15) is 0 Å². The van der Waals surface area contributed by atoms with Crippen molar-refractivity contribution in [3.63, 3.8) is 0 Å². The molecule has 0 aliphatic rings. The molecule has 13 heavy (non-hydrogen) atoms. The van der Waals surface area contributed by atoms with Gasteiger partial charge in [0, 0.05) is 6.20 Å². The largest absolute Gasteiger partial charge is 0.260 e. The van der Waals surface area contributed by atoms with Crippen LogP contribution in [0.25, 0.3) is 0 Å². The molecule has 0 aliphatic heterocycles. The second-order valence-electron chi connectivity index (χ2n) is 2.87. The monoisotopic (exact) mass is 200 g/mol. The summed E-state index contributed by atoms with van der Waals surface area (Å²) in [6.07, 6.45) is 2.77. The molecule has 0 radical (unpaired) electrons. The Morgan fingerprint density at radius 3 is 2.62 bits per heavy atom. The molecule has 0 aromatic carbocycles. The standard InChI is InChI=1S/C8H12N2O2S/c1-7(10-13(2,11)12)8-5-3-4-6-9-8/h3-7,10H,1-2H3/t7-/m0/s1. The number of nitrogens with one attached hydrogen (secondary N) is 1. The highest BCUT2D eigenvalue weighted by Gasteiger charge is 2.10. The molecule has 0 bridgehead atoms. The van der Waals surface area contributed by atoms with Crippen LogP contribution in [0, 0.1) is 0 Å². The van der Waals surface area contributed by atoms with Crippen molar-refractivity contribution in [2.24, 2.45) is 0 Å². The number of nitrogens with zero attached hydrogens (tertiary/aromatic N) is 1. The topological polar surface area (TPSA) is 59.1 Å². The van der Waals surface area contributed by atoms with Crippen LogP contribution in [-0.4, -0.2) is 19.7 Å². The van der Waals surface area contributed by atoms with E-state index in [0.717, 1.165) is 6.26 Å². The molecule has 0 fully saturated rings. The number of hydrogen-bond donors (Lipinski definition) is 1. The van der Waals surface area contributed by atoms with Crippen molar-refractivity contribution in [1.82, 2.24) is 9.71 Å². The van der Waals surface area contributed by atoms with E-state index in [-0.39, 0.29) is 6.04 Å². The Labute approximate surface area is 78.1 Å². The van der Waals surface area contributed by atoms with Gasteiger partial charge in [-0.1, -0.05) is 6.07 Å². The molecule has 0 unspecified atom stereocenters. The van der Waals surface area contributed by atoms with Gasteiger partial charge in [-0.3, -0.25) is 4.98 Å². The maximum Gasteiger partial charge on any atom is 0.209 e. The number of pyridine rings is 1. The Morgan fingerprint density at radius 1 is 1.46 bits per heavy atom. The zero-order chi connectivity index (χ0) is 9.90. The van der Waals surface area contributed by atoms with Crippen molar-refractivity contribution in [2.45, 2.75) is 13.0 Å². The molecular formula is C8H12N2O2S. The van der Waals surface area contributed by atoms with Gasteiger partial charge in [0.05, 0.1) is 18.0 Å². The first-order chi connectivity index (χ1) is 5.99. The van der Waals surface area contributed by atoms with Crippen LogP contribution in [0.5, 0.6) is 0 Å². The number of hydrogen-bond acceptors (Lipinski definition) is 3. The Hall–Kier alpha value is -0.940. The Kier molecular flexibility index (Phi) is 3.00. The van der Waals surface area contributed by atoms with Crippen LogP contribution in [0.2, 0.25) is 0 Å². The van der Waals surface area contributed by atoms with Gasteiger partial charge in [0.15, 0.2) is 0 Å². The van der Waals surface area contributed by atoms with Crippen LogP contribution < -0.4 is 4.72 Å². The second-order valence-corrected chi connectivity index (χ2v) is 4.65. The minimum absolute atomic E-state index is 0.281. The molecule has 1 atom stereocenters. The molecule has 0 saturated heterocycles. The summed E-state index contributed by atoms with van der Waals surface area (Å²) in [7, 11) is -3.16. The second kappa shape index (κ2) is 3.85. The molecule has 0 amide bonds. The average Bonchev–Trinajstić information content (AvgIpc) is 2.03. The fraction of sp³-hybridized carbons (Fsp3) is 0.375. The molecule has 1 heterocycles. The van der Waals surface area contributed by atoms with Crippen LogP contribution in [0.4, 0.5) is 0 Å². The lowest BCUT2D eigenvalue weighted by atomic mass is 10.2. The zero-order valence-electron chi connectivity index (χ0n) is 7.56. The smallest absolute Gasteiger partial charge is 0.209 e. The van der Waals surface area contributed by atoms with Crippen molar-refractivity contribution in [3.05, 3.63) is 30.1 Å². The first-order valence-electron chi connectivity index (χ1n) is 3.87. The SMILES string of the molecule is C[C@H](NS(C)(=O)=O)c1ccccn1. The summed E-state index contributed by atoms with van der Waals surface area (Å²) in [4.78, 5) is 4.04. The Bertz CT molecular complexity index is 361. The minimum atomic E-state index is -3.16. The highest BCUT2D eigenvalue weighted by Crippen LogP contribution is 2.08. The van der Waals surface area contributed by atoms with E-state index in [1.807, 2.05) is 6.07 Å². The molecule has 1 N–H and O–H groups in total. The summed E-state index contributed by atoms with van der Waals surface area (Å²) >= 11 is 0. The van der Waals surface area contributed by atoms with Crippen LogP contribution in [-0.2, 0) is 10.0 Å². The van der Waals surface area contributed by atoms with Gasteiger partial charge in [-0.05, 0) is 19.1 Å². The van der Waals surface area contributed by atoms with Crippen molar-refractivity contribution in [1.29, 1.82) is 0 Å². The van der Waals surface area contributed by atoms with Gasteiger partial charge in [-0.25, -0.2) is 13.1 Å². The fourth-order valence-electron chi connectivity index (χ4n) is 1.01. The van der Waals surface area contributed by atoms with E-state index in [4.69, 9.17) is 0 Å². The summed E-state index contributed by atoms with van der Waals surface area (Å²) in [6, 6.07) is 5.11. The third-order valence-corrected chi connectivity index (χ3v) is 2.30. The summed E-state index contributed by atoms with van der Waals surface area (Å²) in [5.41, 5.74) is 0.716. The van der Waals surface area contributed by atoms with Crippen LogP contribution in [0.3, 0.4) is 0 Å². The number of aromatic nitrogens is 1. The third-order valence-electron chi connectivity index (χ3n) is 1.52. The first kappa shape index (κ1) is 10.1. The number of rotatable bonds is 3. The van der Waals surface area contributed by atoms with E-state index in [0.29, 0.717) is 5.69 Å². The van der Waals surface area contributed by atoms with Crippen molar-refractivity contribution < 1.29 is 8.42 Å². The van der Waals surface area contributed by atoms with Crippen LogP contribution in [0.15, 0.2) is 24.4 Å². The lowest BCUT2D eigenvalue weighted by molar-refractivity contribution is 0.570. The molecule has 5 heteroatoms. The summed E-state index contributed by atoms with van der Waals surface area (Å²) in [5.74, 6) is 0. The maximum atomic E-state index is 10.9.